The summed E-state index contributed by atoms with van der Waals surface area (Å²) in [6, 6.07) is 16.9. The molecule has 3 rings (SSSR count). The molecule has 2 atom stereocenters. The molecule has 104 valence electrons. The minimum atomic E-state index is 0.118. The number of thioether (sulfide) groups is 1. The number of nitrogens with two attached hydrogens (primary N) is 1. The van der Waals surface area contributed by atoms with Gasteiger partial charge in [0.05, 0.1) is 7.11 Å². The van der Waals surface area contributed by atoms with Crippen molar-refractivity contribution in [3.63, 3.8) is 0 Å². The van der Waals surface area contributed by atoms with Crippen LogP contribution in [0.15, 0.2) is 53.4 Å². The topological polar surface area (TPSA) is 35.2 Å². The summed E-state index contributed by atoms with van der Waals surface area (Å²) in [6.45, 7) is 0. The standard InChI is InChI=1S/C17H19NOS/c1-19-13-7-9-14(10-8-13)20-16-11-6-12-4-2-3-5-15(12)17(16)18/h2-5,7-10,16-17H,6,11,18H2,1H3. The third kappa shape index (κ3) is 2.69. The molecule has 0 radical (unpaired) electrons. The van der Waals surface area contributed by atoms with E-state index < -0.39 is 0 Å². The minimum absolute atomic E-state index is 0.118. The zero-order valence-electron chi connectivity index (χ0n) is 11.6. The third-order valence-electron chi connectivity index (χ3n) is 3.86. The lowest BCUT2D eigenvalue weighted by atomic mass is 9.88. The lowest BCUT2D eigenvalue weighted by molar-refractivity contribution is 0.414. The van der Waals surface area contributed by atoms with Crippen LogP contribution in [-0.4, -0.2) is 12.4 Å². The third-order valence-corrected chi connectivity index (χ3v) is 5.24. The summed E-state index contributed by atoms with van der Waals surface area (Å²) in [5.41, 5.74) is 9.17. The van der Waals surface area contributed by atoms with Crippen molar-refractivity contribution >= 4 is 11.8 Å². The molecule has 0 saturated heterocycles. The Balaban J connectivity index is 1.75. The van der Waals surface area contributed by atoms with E-state index in [9.17, 15) is 0 Å². The molecule has 2 aromatic carbocycles. The Morgan fingerprint density at radius 3 is 2.60 bits per heavy atom. The molecule has 0 heterocycles. The summed E-state index contributed by atoms with van der Waals surface area (Å²) < 4.78 is 5.19. The van der Waals surface area contributed by atoms with E-state index in [1.165, 1.54) is 16.0 Å². The Morgan fingerprint density at radius 1 is 1.10 bits per heavy atom. The van der Waals surface area contributed by atoms with E-state index in [1.807, 2.05) is 23.9 Å². The Bertz CT molecular complexity index is 582. The van der Waals surface area contributed by atoms with E-state index in [0.29, 0.717) is 5.25 Å². The maximum atomic E-state index is 6.45. The van der Waals surface area contributed by atoms with Gasteiger partial charge in [0.15, 0.2) is 0 Å². The quantitative estimate of drug-likeness (QED) is 0.931. The molecular weight excluding hydrogens is 266 g/mol. The first-order chi connectivity index (χ1) is 9.78. The molecule has 1 aliphatic carbocycles. The van der Waals surface area contributed by atoms with Crippen molar-refractivity contribution in [1.82, 2.24) is 0 Å². The van der Waals surface area contributed by atoms with Crippen LogP contribution >= 0.6 is 11.8 Å². The minimum Gasteiger partial charge on any atom is -0.497 e. The van der Waals surface area contributed by atoms with Gasteiger partial charge in [0.2, 0.25) is 0 Å². The number of fused-ring (bicyclic) bond motifs is 1. The van der Waals surface area contributed by atoms with Crippen LogP contribution in [0.4, 0.5) is 0 Å². The Kier molecular flexibility index (Phi) is 3.99. The largest absolute Gasteiger partial charge is 0.497 e. The number of hydrogen-bond donors (Lipinski definition) is 1. The van der Waals surface area contributed by atoms with Gasteiger partial charge < -0.3 is 10.5 Å². The number of hydrogen-bond acceptors (Lipinski definition) is 3. The molecule has 2 N–H and O–H groups in total. The number of aryl methyl sites for hydroxylation is 1. The second kappa shape index (κ2) is 5.90. The highest BCUT2D eigenvalue weighted by Crippen LogP contribution is 2.39. The van der Waals surface area contributed by atoms with Crippen LogP contribution in [0.1, 0.15) is 23.6 Å². The molecule has 0 aliphatic heterocycles. The van der Waals surface area contributed by atoms with Gasteiger partial charge in [0, 0.05) is 16.2 Å². The van der Waals surface area contributed by atoms with Gasteiger partial charge in [-0.1, -0.05) is 24.3 Å². The van der Waals surface area contributed by atoms with E-state index >= 15 is 0 Å². The van der Waals surface area contributed by atoms with Crippen LogP contribution in [0.2, 0.25) is 0 Å². The predicted molar refractivity (Wildman–Crippen MR) is 84.3 cm³/mol. The average molecular weight is 285 g/mol. The highest BCUT2D eigenvalue weighted by atomic mass is 32.2. The fraction of sp³-hybridized carbons (Fsp3) is 0.294. The molecule has 0 fully saturated rings. The molecule has 2 unspecified atom stereocenters. The van der Waals surface area contributed by atoms with Gasteiger partial charge in [0.1, 0.15) is 5.75 Å². The molecule has 2 nitrogen and oxygen atoms in total. The Labute approximate surface area is 124 Å². The van der Waals surface area contributed by atoms with Crippen LogP contribution < -0.4 is 10.5 Å². The molecule has 0 amide bonds. The van der Waals surface area contributed by atoms with E-state index in [2.05, 4.69) is 36.4 Å². The van der Waals surface area contributed by atoms with E-state index in [0.717, 1.165) is 18.6 Å². The Morgan fingerprint density at radius 2 is 1.85 bits per heavy atom. The maximum absolute atomic E-state index is 6.45. The van der Waals surface area contributed by atoms with E-state index in [-0.39, 0.29) is 6.04 Å². The molecule has 3 heteroatoms. The maximum Gasteiger partial charge on any atom is 0.118 e. The summed E-state index contributed by atoms with van der Waals surface area (Å²) in [5, 5.41) is 0.443. The van der Waals surface area contributed by atoms with Gasteiger partial charge in [-0.05, 0) is 48.2 Å². The fourth-order valence-electron chi connectivity index (χ4n) is 2.73. The highest BCUT2D eigenvalue weighted by molar-refractivity contribution is 8.00. The normalized spacial score (nSPS) is 21.3. The van der Waals surface area contributed by atoms with Gasteiger partial charge in [-0.2, -0.15) is 0 Å². The van der Waals surface area contributed by atoms with Crippen LogP contribution in [0, 0.1) is 0 Å². The van der Waals surface area contributed by atoms with Gasteiger partial charge in [-0.3, -0.25) is 0 Å². The van der Waals surface area contributed by atoms with Crippen LogP contribution in [0.3, 0.4) is 0 Å². The van der Waals surface area contributed by atoms with Crippen molar-refractivity contribution in [2.75, 3.05) is 7.11 Å². The number of benzene rings is 2. The van der Waals surface area contributed by atoms with Gasteiger partial charge >= 0.3 is 0 Å². The zero-order valence-corrected chi connectivity index (χ0v) is 12.4. The SMILES string of the molecule is COc1ccc(SC2CCc3ccccc3C2N)cc1. The van der Waals surface area contributed by atoms with Crippen molar-refractivity contribution in [3.8, 4) is 5.75 Å². The average Bonchev–Trinajstić information content (AvgIpc) is 2.51. The lowest BCUT2D eigenvalue weighted by Crippen LogP contribution is -2.29. The lowest BCUT2D eigenvalue weighted by Gasteiger charge is -2.30. The summed E-state index contributed by atoms with van der Waals surface area (Å²) in [4.78, 5) is 1.26. The van der Waals surface area contributed by atoms with Crippen LogP contribution in [0.25, 0.3) is 0 Å². The second-order valence-corrected chi connectivity index (χ2v) is 6.41. The van der Waals surface area contributed by atoms with Crippen molar-refractivity contribution in [2.45, 2.75) is 29.0 Å². The van der Waals surface area contributed by atoms with Gasteiger partial charge in [-0.25, -0.2) is 0 Å². The van der Waals surface area contributed by atoms with E-state index in [1.54, 1.807) is 7.11 Å². The highest BCUT2D eigenvalue weighted by Gasteiger charge is 2.27. The monoisotopic (exact) mass is 285 g/mol. The molecule has 0 spiro atoms. The van der Waals surface area contributed by atoms with Crippen LogP contribution in [0.5, 0.6) is 5.75 Å². The molecule has 0 bridgehead atoms. The number of methoxy groups -OCH3 is 1. The van der Waals surface area contributed by atoms with Crippen molar-refractivity contribution in [2.24, 2.45) is 5.73 Å². The first kappa shape index (κ1) is 13.5. The molecule has 2 aromatic rings. The molecule has 1 aliphatic rings. The summed E-state index contributed by atoms with van der Waals surface area (Å²) in [5.74, 6) is 0.896. The Hall–Kier alpha value is -1.45. The molecule has 0 aromatic heterocycles. The van der Waals surface area contributed by atoms with Crippen molar-refractivity contribution in [3.05, 3.63) is 59.7 Å². The summed E-state index contributed by atoms with van der Waals surface area (Å²) >= 11 is 1.87. The van der Waals surface area contributed by atoms with Crippen molar-refractivity contribution in [1.29, 1.82) is 0 Å². The second-order valence-electron chi connectivity index (χ2n) is 5.10. The van der Waals surface area contributed by atoms with Gasteiger partial charge in [-0.15, -0.1) is 11.8 Å². The summed E-state index contributed by atoms with van der Waals surface area (Å²) in [7, 11) is 1.69. The first-order valence-electron chi connectivity index (χ1n) is 6.92. The van der Waals surface area contributed by atoms with Crippen molar-refractivity contribution < 1.29 is 4.74 Å². The molecule has 0 saturated carbocycles. The molecular formula is C17H19NOS. The predicted octanol–water partition coefficient (Wildman–Crippen LogP) is 3.80. The van der Waals surface area contributed by atoms with Crippen LogP contribution in [-0.2, 0) is 6.42 Å². The number of ether oxygens (including phenoxy) is 1. The number of rotatable bonds is 3. The smallest absolute Gasteiger partial charge is 0.118 e. The van der Waals surface area contributed by atoms with E-state index in [4.69, 9.17) is 10.5 Å². The molecule has 20 heavy (non-hydrogen) atoms. The van der Waals surface area contributed by atoms with Gasteiger partial charge in [0.25, 0.3) is 0 Å². The summed E-state index contributed by atoms with van der Waals surface area (Å²) in [6.07, 6.45) is 2.26. The zero-order chi connectivity index (χ0) is 13.9. The fourth-order valence-corrected chi connectivity index (χ4v) is 3.90. The first-order valence-corrected chi connectivity index (χ1v) is 7.80.